The highest BCUT2D eigenvalue weighted by molar-refractivity contribution is 6.10. The molecule has 0 radical (unpaired) electrons. The molecule has 58 heavy (non-hydrogen) atoms. The molecule has 1 unspecified atom stereocenters. The van der Waals surface area contributed by atoms with Crippen molar-refractivity contribution in [2.24, 2.45) is 0 Å². The van der Waals surface area contributed by atoms with Crippen LogP contribution in [-0.4, -0.2) is 15.0 Å². The van der Waals surface area contributed by atoms with Gasteiger partial charge >= 0.3 is 0 Å². The number of para-hydroxylation sites is 2. The minimum absolute atomic E-state index is 0.315. The van der Waals surface area contributed by atoms with E-state index in [1.54, 1.807) is 0 Å². The van der Waals surface area contributed by atoms with E-state index in [2.05, 4.69) is 158 Å². The second-order valence-electron chi connectivity index (χ2n) is 15.4. The van der Waals surface area contributed by atoms with Gasteiger partial charge in [0.2, 0.25) is 0 Å². The highest BCUT2D eigenvalue weighted by atomic mass is 16.3. The molecule has 7 aromatic carbocycles. The molecule has 3 aromatic heterocycles. The van der Waals surface area contributed by atoms with Crippen molar-refractivity contribution in [3.63, 3.8) is 0 Å². The Bertz CT molecular complexity index is 3330. The van der Waals surface area contributed by atoms with E-state index in [1.165, 1.54) is 22.1 Å². The molecule has 0 saturated heterocycles. The van der Waals surface area contributed by atoms with Gasteiger partial charge in [-0.1, -0.05) is 146 Å². The smallest absolute Gasteiger partial charge is 0.164 e. The van der Waals surface area contributed by atoms with Crippen LogP contribution in [-0.2, 0) is 12.8 Å². The average molecular weight is 746 g/mol. The Labute approximate surface area is 334 Å². The van der Waals surface area contributed by atoms with Crippen molar-refractivity contribution in [2.75, 3.05) is 0 Å². The van der Waals surface area contributed by atoms with Crippen LogP contribution in [0.15, 0.2) is 173 Å². The summed E-state index contributed by atoms with van der Waals surface area (Å²) in [4.78, 5) is 15.7. The van der Waals surface area contributed by atoms with Crippen LogP contribution in [0, 0.1) is 0 Å². The van der Waals surface area contributed by atoms with Gasteiger partial charge in [0.15, 0.2) is 17.5 Å². The Morgan fingerprint density at radius 3 is 2.21 bits per heavy atom. The molecule has 5 heteroatoms. The van der Waals surface area contributed by atoms with Gasteiger partial charge in [-0.2, -0.15) is 0 Å². The molecule has 0 amide bonds. The Balaban J connectivity index is 0.984. The molecule has 0 spiro atoms. The zero-order chi connectivity index (χ0) is 38.2. The SMILES string of the molecule is C1=CC(c2ccc(-c3nc(C4=CCCc5oc6ccc(-c7cccc8c7oc7ccccc78)cc6c54)nc(-c4ccc5ccccc5c4)n3)cc2)Cc2ccccc21. The molecule has 2 aliphatic rings. The molecule has 2 aliphatic carbocycles. The van der Waals surface area contributed by atoms with Crippen LogP contribution in [0.4, 0.5) is 0 Å². The third-order valence-electron chi connectivity index (χ3n) is 11.9. The largest absolute Gasteiger partial charge is 0.460 e. The van der Waals surface area contributed by atoms with Crippen molar-refractivity contribution in [2.45, 2.75) is 25.2 Å². The summed E-state index contributed by atoms with van der Waals surface area (Å²) in [6.45, 7) is 0. The van der Waals surface area contributed by atoms with E-state index in [9.17, 15) is 0 Å². The van der Waals surface area contributed by atoms with E-state index in [1.807, 2.05) is 12.1 Å². The number of nitrogens with zero attached hydrogens (tertiary/aromatic N) is 3. The summed E-state index contributed by atoms with van der Waals surface area (Å²) in [5.41, 5.74) is 12.6. The van der Waals surface area contributed by atoms with Crippen LogP contribution >= 0.6 is 0 Å². The molecule has 0 saturated carbocycles. The second kappa shape index (κ2) is 13.1. The van der Waals surface area contributed by atoms with Crippen LogP contribution in [0.25, 0.3) is 89.2 Å². The van der Waals surface area contributed by atoms with Crippen LogP contribution in [0.3, 0.4) is 0 Å². The Morgan fingerprint density at radius 1 is 0.534 bits per heavy atom. The first-order valence-corrected chi connectivity index (χ1v) is 20.0. The quantitative estimate of drug-likeness (QED) is 0.175. The lowest BCUT2D eigenvalue weighted by molar-refractivity contribution is 0.545. The zero-order valence-corrected chi connectivity index (χ0v) is 31.5. The predicted molar refractivity (Wildman–Crippen MR) is 234 cm³/mol. The topological polar surface area (TPSA) is 65.0 Å². The summed E-state index contributed by atoms with van der Waals surface area (Å²) in [6, 6.07) is 53.3. The maximum absolute atomic E-state index is 6.60. The number of hydrogen-bond acceptors (Lipinski definition) is 5. The maximum atomic E-state index is 6.60. The van der Waals surface area contributed by atoms with E-state index >= 15 is 0 Å². The van der Waals surface area contributed by atoms with Crippen LogP contribution in [0.2, 0.25) is 0 Å². The van der Waals surface area contributed by atoms with E-state index in [0.29, 0.717) is 23.4 Å². The summed E-state index contributed by atoms with van der Waals surface area (Å²) in [5.74, 6) is 3.18. The molecular weight excluding hydrogens is 711 g/mol. The van der Waals surface area contributed by atoms with Gasteiger partial charge in [-0.25, -0.2) is 15.0 Å². The minimum atomic E-state index is 0.315. The number of furan rings is 2. The highest BCUT2D eigenvalue weighted by Crippen LogP contribution is 2.42. The van der Waals surface area contributed by atoms with Crippen molar-refractivity contribution in [3.8, 4) is 33.9 Å². The summed E-state index contributed by atoms with van der Waals surface area (Å²) in [5, 5.41) is 5.57. The fourth-order valence-electron chi connectivity index (χ4n) is 9.01. The Kier molecular flexibility index (Phi) is 7.42. The standard InChI is InChI=1S/C53H35N3O2/c1-3-11-36-29-38(25-21-32(36)9-1)34-19-23-35(24-20-34)51-54-52(40-26-22-33-10-2-4-12-37(33)30-40)56-53(55-51)44-16-8-18-48-49(44)45-31-39(27-28-47(45)57-48)41-14-7-15-43-42-13-5-6-17-46(42)58-50(41)43/h1-7,9-17,19-28,30-31,38H,8,18,29H2. The molecule has 5 nitrogen and oxygen atoms in total. The average Bonchev–Trinajstić information content (AvgIpc) is 3.87. The molecule has 1 atom stereocenters. The number of aryl methyl sites for hydroxylation is 1. The molecule has 10 aromatic rings. The highest BCUT2D eigenvalue weighted by Gasteiger charge is 2.26. The molecule has 0 fully saturated rings. The van der Waals surface area contributed by atoms with Crippen LogP contribution in [0.1, 0.15) is 46.2 Å². The minimum Gasteiger partial charge on any atom is -0.460 e. The van der Waals surface area contributed by atoms with Gasteiger partial charge in [0, 0.05) is 56.3 Å². The Hall–Kier alpha value is -7.37. The molecule has 3 heterocycles. The number of benzene rings is 7. The molecule has 274 valence electrons. The van der Waals surface area contributed by atoms with E-state index in [0.717, 1.165) is 96.7 Å². The van der Waals surface area contributed by atoms with Crippen molar-refractivity contribution in [1.82, 2.24) is 15.0 Å². The van der Waals surface area contributed by atoms with Gasteiger partial charge in [-0.05, 0) is 70.1 Å². The molecule has 0 aliphatic heterocycles. The van der Waals surface area contributed by atoms with Gasteiger partial charge in [0.05, 0.1) is 0 Å². The van der Waals surface area contributed by atoms with Gasteiger partial charge in [-0.3, -0.25) is 0 Å². The van der Waals surface area contributed by atoms with Gasteiger partial charge < -0.3 is 8.83 Å². The fraction of sp³-hybridized carbons (Fsp3) is 0.0755. The normalized spacial score (nSPS) is 14.9. The number of rotatable bonds is 5. The second-order valence-corrected chi connectivity index (χ2v) is 15.4. The first kappa shape index (κ1) is 32.8. The summed E-state index contributed by atoms with van der Waals surface area (Å²) < 4.78 is 13.1. The predicted octanol–water partition coefficient (Wildman–Crippen LogP) is 13.4. The Morgan fingerprint density at radius 2 is 1.28 bits per heavy atom. The number of aromatic nitrogens is 3. The molecular formula is C53H35N3O2. The van der Waals surface area contributed by atoms with Gasteiger partial charge in [-0.15, -0.1) is 0 Å². The van der Waals surface area contributed by atoms with Crippen molar-refractivity contribution < 1.29 is 8.83 Å². The lowest BCUT2D eigenvalue weighted by atomic mass is 9.85. The maximum Gasteiger partial charge on any atom is 0.164 e. The van der Waals surface area contributed by atoms with Crippen LogP contribution < -0.4 is 0 Å². The monoisotopic (exact) mass is 745 g/mol. The summed E-state index contributed by atoms with van der Waals surface area (Å²) >= 11 is 0. The number of fused-ring (bicyclic) bond motifs is 8. The van der Waals surface area contributed by atoms with Gasteiger partial charge in [0.25, 0.3) is 0 Å². The lowest BCUT2D eigenvalue weighted by Gasteiger charge is -2.20. The first-order valence-electron chi connectivity index (χ1n) is 20.0. The molecule has 0 bridgehead atoms. The zero-order valence-electron chi connectivity index (χ0n) is 31.5. The molecule has 12 rings (SSSR count). The van der Waals surface area contributed by atoms with Crippen LogP contribution in [0.5, 0.6) is 0 Å². The lowest BCUT2D eigenvalue weighted by Crippen LogP contribution is -2.07. The van der Waals surface area contributed by atoms with Gasteiger partial charge in [0.1, 0.15) is 22.5 Å². The fourth-order valence-corrected chi connectivity index (χ4v) is 9.01. The van der Waals surface area contributed by atoms with E-state index in [4.69, 9.17) is 23.8 Å². The third-order valence-corrected chi connectivity index (χ3v) is 11.9. The number of allylic oxidation sites excluding steroid dienone is 2. The first-order chi connectivity index (χ1) is 28.7. The van der Waals surface area contributed by atoms with Crippen molar-refractivity contribution in [3.05, 3.63) is 198 Å². The van der Waals surface area contributed by atoms with Crippen molar-refractivity contribution >= 4 is 55.3 Å². The van der Waals surface area contributed by atoms with E-state index in [-0.39, 0.29) is 0 Å². The summed E-state index contributed by atoms with van der Waals surface area (Å²) in [7, 11) is 0. The summed E-state index contributed by atoms with van der Waals surface area (Å²) in [6.07, 6.45) is 9.45. The third kappa shape index (κ3) is 5.42. The molecule has 0 N–H and O–H groups in total. The van der Waals surface area contributed by atoms with E-state index < -0.39 is 0 Å². The van der Waals surface area contributed by atoms with Crippen molar-refractivity contribution in [1.29, 1.82) is 0 Å². The number of hydrogen-bond donors (Lipinski definition) is 0.